The minimum Gasteiger partial charge on any atom is -0.329 e. The van der Waals surface area contributed by atoms with Gasteiger partial charge in [0.05, 0.1) is 0 Å². The molecule has 17 heavy (non-hydrogen) atoms. The fraction of sp³-hybridized carbons (Fsp3) is 1.00. The Labute approximate surface area is 107 Å². The van der Waals surface area contributed by atoms with E-state index >= 15 is 0 Å². The zero-order valence-corrected chi connectivity index (χ0v) is 11.9. The van der Waals surface area contributed by atoms with Crippen molar-refractivity contribution < 1.29 is 0 Å². The van der Waals surface area contributed by atoms with Gasteiger partial charge in [-0.15, -0.1) is 0 Å². The minimum absolute atomic E-state index is 0.315. The van der Waals surface area contributed by atoms with Crippen LogP contribution in [0.4, 0.5) is 0 Å². The predicted octanol–water partition coefficient (Wildman–Crippen LogP) is 3.01. The molecule has 0 saturated heterocycles. The molecular formula is C15H30N2. The molecule has 0 aromatic carbocycles. The van der Waals surface area contributed by atoms with Gasteiger partial charge in [-0.2, -0.15) is 0 Å². The van der Waals surface area contributed by atoms with Gasteiger partial charge in [0, 0.05) is 18.1 Å². The van der Waals surface area contributed by atoms with Crippen molar-refractivity contribution in [3.8, 4) is 0 Å². The highest BCUT2D eigenvalue weighted by Gasteiger charge is 2.43. The highest BCUT2D eigenvalue weighted by atomic mass is 15.2. The van der Waals surface area contributed by atoms with Crippen LogP contribution in [0.1, 0.15) is 58.8 Å². The number of hydrogen-bond acceptors (Lipinski definition) is 2. The second-order valence-electron chi connectivity index (χ2n) is 6.72. The molecule has 0 spiro atoms. The summed E-state index contributed by atoms with van der Waals surface area (Å²) in [6.07, 6.45) is 9.61. The molecule has 2 N–H and O–H groups in total. The molecule has 2 aliphatic rings. The first-order chi connectivity index (χ1) is 8.09. The van der Waals surface area contributed by atoms with Crippen molar-refractivity contribution in [2.45, 2.75) is 70.4 Å². The summed E-state index contributed by atoms with van der Waals surface area (Å²) in [5.41, 5.74) is 6.46. The molecule has 2 rings (SSSR count). The van der Waals surface area contributed by atoms with Crippen LogP contribution < -0.4 is 5.73 Å². The molecule has 2 saturated carbocycles. The van der Waals surface area contributed by atoms with Gasteiger partial charge in [-0.1, -0.05) is 26.7 Å². The lowest BCUT2D eigenvalue weighted by Crippen LogP contribution is -2.56. The van der Waals surface area contributed by atoms with E-state index in [9.17, 15) is 0 Å². The Bertz CT molecular complexity index is 253. The normalized spacial score (nSPS) is 43.2. The quantitative estimate of drug-likeness (QED) is 0.819. The van der Waals surface area contributed by atoms with Crippen LogP contribution in [0.25, 0.3) is 0 Å². The highest BCUT2D eigenvalue weighted by Crippen LogP contribution is 2.41. The molecule has 0 aromatic rings. The Balaban J connectivity index is 2.08. The number of nitrogens with two attached hydrogens (primary N) is 1. The molecule has 0 heterocycles. The predicted molar refractivity (Wildman–Crippen MR) is 74.0 cm³/mol. The molecule has 0 aliphatic heterocycles. The van der Waals surface area contributed by atoms with Crippen LogP contribution in [0.15, 0.2) is 0 Å². The second-order valence-corrected chi connectivity index (χ2v) is 6.72. The van der Waals surface area contributed by atoms with Gasteiger partial charge >= 0.3 is 0 Å². The summed E-state index contributed by atoms with van der Waals surface area (Å²) < 4.78 is 0. The van der Waals surface area contributed by atoms with E-state index in [1.54, 1.807) is 0 Å². The summed E-state index contributed by atoms with van der Waals surface area (Å²) in [5.74, 6) is 1.72. The van der Waals surface area contributed by atoms with Gasteiger partial charge in [0.15, 0.2) is 0 Å². The van der Waals surface area contributed by atoms with E-state index in [2.05, 4.69) is 25.8 Å². The average molecular weight is 238 g/mol. The van der Waals surface area contributed by atoms with Crippen molar-refractivity contribution in [1.82, 2.24) is 4.90 Å². The minimum atomic E-state index is 0.315. The van der Waals surface area contributed by atoms with Gasteiger partial charge in [-0.05, 0) is 51.0 Å². The zero-order valence-electron chi connectivity index (χ0n) is 11.9. The van der Waals surface area contributed by atoms with E-state index < -0.39 is 0 Å². The molecule has 2 aliphatic carbocycles. The summed E-state index contributed by atoms with van der Waals surface area (Å²) in [6.45, 7) is 5.66. The molecule has 100 valence electrons. The SMILES string of the molecule is CC1CCC(CN)(N(C)C2CCCCC2C)C1. The number of nitrogens with zero attached hydrogens (tertiary/aromatic N) is 1. The summed E-state index contributed by atoms with van der Waals surface area (Å²) in [6, 6.07) is 0.776. The summed E-state index contributed by atoms with van der Waals surface area (Å²) in [4.78, 5) is 2.68. The van der Waals surface area contributed by atoms with Crippen molar-refractivity contribution in [2.75, 3.05) is 13.6 Å². The molecule has 4 unspecified atom stereocenters. The monoisotopic (exact) mass is 238 g/mol. The van der Waals surface area contributed by atoms with Crippen LogP contribution in [-0.2, 0) is 0 Å². The molecule has 2 heteroatoms. The molecule has 0 bridgehead atoms. The van der Waals surface area contributed by atoms with Gasteiger partial charge < -0.3 is 5.73 Å². The first-order valence-corrected chi connectivity index (χ1v) is 7.52. The Hall–Kier alpha value is -0.0800. The number of hydrogen-bond donors (Lipinski definition) is 1. The third-order valence-corrected chi connectivity index (χ3v) is 5.52. The van der Waals surface area contributed by atoms with Crippen molar-refractivity contribution in [3.63, 3.8) is 0 Å². The summed E-state index contributed by atoms with van der Waals surface area (Å²) in [7, 11) is 2.34. The molecule has 2 fully saturated rings. The second kappa shape index (κ2) is 5.27. The van der Waals surface area contributed by atoms with Crippen LogP contribution in [0.3, 0.4) is 0 Å². The van der Waals surface area contributed by atoms with Crippen molar-refractivity contribution in [2.24, 2.45) is 17.6 Å². The van der Waals surface area contributed by atoms with Crippen molar-refractivity contribution in [3.05, 3.63) is 0 Å². The maximum absolute atomic E-state index is 6.14. The molecule has 0 radical (unpaired) electrons. The van der Waals surface area contributed by atoms with E-state index in [1.165, 1.54) is 44.9 Å². The Morgan fingerprint density at radius 1 is 1.18 bits per heavy atom. The molecule has 2 nitrogen and oxygen atoms in total. The molecule has 0 amide bonds. The highest BCUT2D eigenvalue weighted by molar-refractivity contribution is 5.00. The lowest BCUT2D eigenvalue weighted by Gasteiger charge is -2.47. The Kier molecular flexibility index (Phi) is 4.14. The topological polar surface area (TPSA) is 29.3 Å². The van der Waals surface area contributed by atoms with E-state index in [0.29, 0.717) is 5.54 Å². The van der Waals surface area contributed by atoms with Crippen LogP contribution >= 0.6 is 0 Å². The number of likely N-dealkylation sites (N-methyl/N-ethyl adjacent to an activating group) is 1. The standard InChI is InChI=1S/C15H30N2/c1-12-8-9-15(10-12,11-16)17(3)14-7-5-4-6-13(14)2/h12-14H,4-11,16H2,1-3H3. The fourth-order valence-corrected chi connectivity index (χ4v) is 4.24. The Morgan fingerprint density at radius 2 is 1.88 bits per heavy atom. The van der Waals surface area contributed by atoms with Crippen molar-refractivity contribution in [1.29, 1.82) is 0 Å². The smallest absolute Gasteiger partial charge is 0.0334 e. The molecule has 4 atom stereocenters. The Morgan fingerprint density at radius 3 is 2.41 bits per heavy atom. The van der Waals surface area contributed by atoms with Gasteiger partial charge in [-0.3, -0.25) is 4.90 Å². The van der Waals surface area contributed by atoms with E-state index in [4.69, 9.17) is 5.73 Å². The van der Waals surface area contributed by atoms with E-state index in [-0.39, 0.29) is 0 Å². The van der Waals surface area contributed by atoms with Gasteiger partial charge in [-0.25, -0.2) is 0 Å². The van der Waals surface area contributed by atoms with E-state index in [0.717, 1.165) is 24.4 Å². The van der Waals surface area contributed by atoms with Gasteiger partial charge in [0.2, 0.25) is 0 Å². The maximum Gasteiger partial charge on any atom is 0.0334 e. The van der Waals surface area contributed by atoms with Crippen LogP contribution in [0.2, 0.25) is 0 Å². The lowest BCUT2D eigenvalue weighted by molar-refractivity contribution is 0.0329. The fourth-order valence-electron chi connectivity index (χ4n) is 4.24. The third-order valence-electron chi connectivity index (χ3n) is 5.52. The molecule has 0 aromatic heterocycles. The van der Waals surface area contributed by atoms with Crippen LogP contribution in [0, 0.1) is 11.8 Å². The van der Waals surface area contributed by atoms with Crippen molar-refractivity contribution >= 4 is 0 Å². The van der Waals surface area contributed by atoms with Gasteiger partial charge in [0.25, 0.3) is 0 Å². The lowest BCUT2D eigenvalue weighted by atomic mass is 9.81. The average Bonchev–Trinajstić information content (AvgIpc) is 2.72. The van der Waals surface area contributed by atoms with Crippen LogP contribution in [-0.4, -0.2) is 30.1 Å². The first kappa shape index (κ1) is 13.4. The molecular weight excluding hydrogens is 208 g/mol. The van der Waals surface area contributed by atoms with Gasteiger partial charge in [0.1, 0.15) is 0 Å². The first-order valence-electron chi connectivity index (χ1n) is 7.52. The largest absolute Gasteiger partial charge is 0.329 e. The van der Waals surface area contributed by atoms with E-state index in [1.807, 2.05) is 0 Å². The number of rotatable bonds is 3. The maximum atomic E-state index is 6.14. The summed E-state index contributed by atoms with van der Waals surface area (Å²) >= 11 is 0. The summed E-state index contributed by atoms with van der Waals surface area (Å²) in [5, 5.41) is 0. The van der Waals surface area contributed by atoms with Crippen LogP contribution in [0.5, 0.6) is 0 Å². The zero-order chi connectivity index (χ0) is 12.5. The third kappa shape index (κ3) is 2.53.